The summed E-state index contributed by atoms with van der Waals surface area (Å²) in [5, 5.41) is 2.70. The van der Waals surface area contributed by atoms with E-state index in [-0.39, 0.29) is 0 Å². The molecule has 2 atom stereocenters. The Balaban J connectivity index is 2.11. The van der Waals surface area contributed by atoms with E-state index in [1.807, 2.05) is 11.3 Å². The summed E-state index contributed by atoms with van der Waals surface area (Å²) in [6, 6.07) is 8.82. The summed E-state index contributed by atoms with van der Waals surface area (Å²) in [6.07, 6.45) is 4.83. The number of thiazole rings is 1. The highest BCUT2D eigenvalue weighted by Crippen LogP contribution is 2.22. The Hall–Kier alpha value is -1.61. The summed E-state index contributed by atoms with van der Waals surface area (Å²) in [6.45, 7) is 4.60. The van der Waals surface area contributed by atoms with E-state index in [9.17, 15) is 0 Å². The summed E-state index contributed by atoms with van der Waals surface area (Å²) < 4.78 is 3.75. The quantitative estimate of drug-likeness (QED) is 0.771. The van der Waals surface area contributed by atoms with Crippen molar-refractivity contribution in [2.24, 2.45) is 18.9 Å². The Bertz CT molecular complexity index is 769. The molecule has 3 rings (SSSR count). The Morgan fingerprint density at radius 1 is 1.00 bits per heavy atom. The summed E-state index contributed by atoms with van der Waals surface area (Å²) in [7, 11) is 6.33. The van der Waals surface area contributed by atoms with Gasteiger partial charge in [0.25, 0.3) is 5.01 Å². The lowest BCUT2D eigenvalue weighted by Crippen LogP contribution is -2.51. The fourth-order valence-corrected chi connectivity index (χ4v) is 4.05. The van der Waals surface area contributed by atoms with Gasteiger partial charge in [0, 0.05) is 19.8 Å². The standard InChI is InChI=1S/C18H23N2S/c1-12-10-16-17(11-13(12)2)21-18(20(16)5)14-6-8-15(9-7-14)19(3)4/h6-13H,1-5H3/q+1. The van der Waals surface area contributed by atoms with Gasteiger partial charge in [-0.25, -0.2) is 0 Å². The molecule has 1 aliphatic rings. The predicted octanol–water partition coefficient (Wildman–Crippen LogP) is 2.15. The van der Waals surface area contributed by atoms with Crippen LogP contribution >= 0.6 is 11.3 Å². The zero-order valence-electron chi connectivity index (χ0n) is 13.4. The second-order valence-electron chi connectivity index (χ2n) is 6.21. The Morgan fingerprint density at radius 2 is 1.62 bits per heavy atom. The molecule has 0 bridgehead atoms. The van der Waals surface area contributed by atoms with E-state index >= 15 is 0 Å². The SMILES string of the molecule is CC1C=c2sc(-c3ccc(N(C)C)cc3)[n+](C)c2=CC1C. The lowest BCUT2D eigenvalue weighted by molar-refractivity contribution is -0.669. The molecule has 0 saturated carbocycles. The number of nitrogens with zero attached hydrogens (tertiary/aromatic N) is 2. The van der Waals surface area contributed by atoms with E-state index in [1.54, 1.807) is 0 Å². The molecule has 1 aliphatic carbocycles. The summed E-state index contributed by atoms with van der Waals surface area (Å²) in [5.41, 5.74) is 2.53. The van der Waals surface area contributed by atoms with Gasteiger partial charge in [-0.3, -0.25) is 0 Å². The van der Waals surface area contributed by atoms with Crippen LogP contribution in [0.2, 0.25) is 0 Å². The second-order valence-corrected chi connectivity index (χ2v) is 7.24. The molecule has 0 N–H and O–H groups in total. The molecule has 0 radical (unpaired) electrons. The van der Waals surface area contributed by atoms with Crippen molar-refractivity contribution in [1.82, 2.24) is 0 Å². The minimum absolute atomic E-state index is 0.613. The van der Waals surface area contributed by atoms with Gasteiger partial charge in [-0.15, -0.1) is 0 Å². The molecule has 0 saturated heterocycles. The van der Waals surface area contributed by atoms with E-state index in [4.69, 9.17) is 0 Å². The van der Waals surface area contributed by atoms with Crippen molar-refractivity contribution < 1.29 is 4.57 Å². The molecule has 3 heteroatoms. The summed E-state index contributed by atoms with van der Waals surface area (Å²) in [4.78, 5) is 2.13. The average Bonchev–Trinajstić information content (AvgIpc) is 2.77. The van der Waals surface area contributed by atoms with Gasteiger partial charge in [0.05, 0.1) is 5.56 Å². The van der Waals surface area contributed by atoms with Crippen LogP contribution in [-0.2, 0) is 7.05 Å². The highest BCUT2D eigenvalue weighted by molar-refractivity contribution is 7.12. The molecule has 1 heterocycles. The van der Waals surface area contributed by atoms with Crippen molar-refractivity contribution in [2.75, 3.05) is 19.0 Å². The van der Waals surface area contributed by atoms with Gasteiger partial charge in [-0.05, 0) is 42.2 Å². The first-order valence-electron chi connectivity index (χ1n) is 7.47. The first kappa shape index (κ1) is 14.3. The monoisotopic (exact) mass is 299 g/mol. The molecule has 0 amide bonds. The lowest BCUT2D eigenvalue weighted by Gasteiger charge is -2.12. The third kappa shape index (κ3) is 2.51. The van der Waals surface area contributed by atoms with Crippen molar-refractivity contribution in [1.29, 1.82) is 0 Å². The van der Waals surface area contributed by atoms with Crippen molar-refractivity contribution in [2.45, 2.75) is 13.8 Å². The topological polar surface area (TPSA) is 7.12 Å². The second kappa shape index (κ2) is 5.30. The van der Waals surface area contributed by atoms with Crippen molar-refractivity contribution in [3.8, 4) is 10.6 Å². The van der Waals surface area contributed by atoms with Crippen molar-refractivity contribution in [3.63, 3.8) is 0 Å². The van der Waals surface area contributed by atoms with E-state index < -0.39 is 0 Å². The summed E-state index contributed by atoms with van der Waals surface area (Å²) in [5.74, 6) is 1.24. The molecule has 0 fully saturated rings. The Kier molecular flexibility index (Phi) is 3.62. The number of fused-ring (bicyclic) bond motifs is 1. The maximum Gasteiger partial charge on any atom is 0.269 e. The van der Waals surface area contributed by atoms with Gasteiger partial charge in [-0.2, -0.15) is 4.57 Å². The van der Waals surface area contributed by atoms with Crippen LogP contribution < -0.4 is 19.3 Å². The number of aromatic nitrogens is 1. The predicted molar refractivity (Wildman–Crippen MR) is 91.8 cm³/mol. The largest absolute Gasteiger partial charge is 0.378 e. The van der Waals surface area contributed by atoms with Crippen LogP contribution in [0, 0.1) is 11.8 Å². The third-order valence-corrected chi connectivity index (χ3v) is 5.69. The van der Waals surface area contributed by atoms with Crippen LogP contribution in [0.25, 0.3) is 22.7 Å². The number of hydrogen-bond donors (Lipinski definition) is 0. The van der Waals surface area contributed by atoms with Gasteiger partial charge >= 0.3 is 0 Å². The van der Waals surface area contributed by atoms with Crippen LogP contribution in [0.15, 0.2) is 24.3 Å². The molecule has 2 aromatic rings. The number of anilines is 1. The van der Waals surface area contributed by atoms with Crippen LogP contribution in [-0.4, -0.2) is 14.1 Å². The van der Waals surface area contributed by atoms with Crippen molar-refractivity contribution in [3.05, 3.63) is 34.1 Å². The molecule has 0 spiro atoms. The molecule has 2 nitrogen and oxygen atoms in total. The van der Waals surface area contributed by atoms with Gasteiger partial charge in [0.15, 0.2) is 0 Å². The first-order chi connectivity index (χ1) is 9.97. The highest BCUT2D eigenvalue weighted by Gasteiger charge is 2.21. The van der Waals surface area contributed by atoms with Gasteiger partial charge < -0.3 is 4.90 Å². The molecule has 1 aromatic carbocycles. The van der Waals surface area contributed by atoms with Gasteiger partial charge in [0.2, 0.25) is 5.35 Å². The number of rotatable bonds is 2. The summed E-state index contributed by atoms with van der Waals surface area (Å²) >= 11 is 1.90. The molecule has 21 heavy (non-hydrogen) atoms. The van der Waals surface area contributed by atoms with Gasteiger partial charge in [-0.1, -0.05) is 31.3 Å². The fourth-order valence-electron chi connectivity index (χ4n) is 2.76. The fraction of sp³-hybridized carbons (Fsp3) is 0.389. The van der Waals surface area contributed by atoms with E-state index in [0.717, 1.165) is 0 Å². The maximum atomic E-state index is 2.42. The van der Waals surface area contributed by atoms with E-state index in [2.05, 4.69) is 80.9 Å². The minimum atomic E-state index is 0.613. The van der Waals surface area contributed by atoms with Crippen LogP contribution in [0.1, 0.15) is 13.8 Å². The molecular formula is C18H23N2S+. The normalized spacial score (nSPS) is 20.4. The molecule has 1 aromatic heterocycles. The minimum Gasteiger partial charge on any atom is -0.378 e. The maximum absolute atomic E-state index is 2.42. The van der Waals surface area contributed by atoms with Crippen LogP contribution in [0.5, 0.6) is 0 Å². The smallest absolute Gasteiger partial charge is 0.269 e. The zero-order valence-corrected chi connectivity index (χ0v) is 14.2. The molecule has 110 valence electrons. The average molecular weight is 299 g/mol. The van der Waals surface area contributed by atoms with Crippen LogP contribution in [0.3, 0.4) is 0 Å². The van der Waals surface area contributed by atoms with E-state index in [1.165, 1.54) is 26.1 Å². The number of benzene rings is 1. The van der Waals surface area contributed by atoms with Gasteiger partial charge in [0.1, 0.15) is 11.6 Å². The zero-order chi connectivity index (χ0) is 15.1. The van der Waals surface area contributed by atoms with E-state index in [0.29, 0.717) is 11.8 Å². The molecule has 0 aliphatic heterocycles. The van der Waals surface area contributed by atoms with Crippen LogP contribution in [0.4, 0.5) is 5.69 Å². The first-order valence-corrected chi connectivity index (χ1v) is 8.29. The third-order valence-electron chi connectivity index (χ3n) is 4.42. The van der Waals surface area contributed by atoms with Crippen molar-refractivity contribution >= 4 is 29.2 Å². The lowest BCUT2D eigenvalue weighted by atomic mass is 9.93. The Labute approximate surface area is 130 Å². The highest BCUT2D eigenvalue weighted by atomic mass is 32.1. The molecular weight excluding hydrogens is 276 g/mol. The number of hydrogen-bond acceptors (Lipinski definition) is 2. The molecule has 2 unspecified atom stereocenters. The Morgan fingerprint density at radius 3 is 2.24 bits per heavy atom.